The number of ether oxygens (including phenoxy) is 1. The molecule has 0 bridgehead atoms. The fourth-order valence-corrected chi connectivity index (χ4v) is 10.3. The number of fused-ring (bicyclic) bond motifs is 4. The first-order valence-electron chi connectivity index (χ1n) is 25.5. The maximum atomic E-state index is 7.08. The standard InChI is InChI=1S/C68H63N4O.Pt/c1-65(2,3)50-30-32-58-59-33-31-56(44-63(59)72(62(58)41-50)64-42-51(34-35-69-64)67(7,8)48-24-16-12-17-25-48)73-57-40-53(68(9,10)49-26-18-13-19-27-49)39-55(43-57)71-45-70(60-28-20-21-29-61(60)71)54-37-47(46-22-14-11-15-23-46)36-52(38-54)66(4,5)6;/h11-42,45H,1-10H3;/q-3;. The van der Waals surface area contributed by atoms with Crippen LogP contribution < -0.4 is 14.5 Å². The molecular formula is C68H63N4OPt-3. The molecule has 3 heterocycles. The van der Waals surface area contributed by atoms with Crippen LogP contribution in [0.1, 0.15) is 103 Å². The Morgan fingerprint density at radius 3 is 1.69 bits per heavy atom. The summed E-state index contributed by atoms with van der Waals surface area (Å²) in [6.07, 6.45) is 1.94. The van der Waals surface area contributed by atoms with E-state index in [4.69, 9.17) is 9.72 Å². The minimum Gasteiger partial charge on any atom is -0.509 e. The van der Waals surface area contributed by atoms with Gasteiger partial charge in [-0.05, 0) is 103 Å². The number of para-hydroxylation sites is 2. The summed E-state index contributed by atoms with van der Waals surface area (Å²) < 4.78 is 9.35. The van der Waals surface area contributed by atoms with Crippen LogP contribution in [0.5, 0.6) is 11.5 Å². The predicted octanol–water partition coefficient (Wildman–Crippen LogP) is 17.9. The van der Waals surface area contributed by atoms with Gasteiger partial charge < -0.3 is 19.1 Å². The fourth-order valence-electron chi connectivity index (χ4n) is 10.3. The van der Waals surface area contributed by atoms with Crippen LogP contribution in [0, 0.1) is 18.8 Å². The Hall–Kier alpha value is -7.20. The van der Waals surface area contributed by atoms with Crippen molar-refractivity contribution in [3.05, 3.63) is 246 Å². The summed E-state index contributed by atoms with van der Waals surface area (Å²) in [4.78, 5) is 9.66. The van der Waals surface area contributed by atoms with Crippen LogP contribution in [0.2, 0.25) is 0 Å². The summed E-state index contributed by atoms with van der Waals surface area (Å²) in [7, 11) is 0. The maximum absolute atomic E-state index is 7.08. The molecule has 374 valence electrons. The molecule has 11 rings (SSSR count). The van der Waals surface area contributed by atoms with Gasteiger partial charge in [-0.2, -0.15) is 6.07 Å². The zero-order valence-corrected chi connectivity index (χ0v) is 46.3. The normalized spacial score (nSPS) is 13.1. The van der Waals surface area contributed by atoms with Gasteiger partial charge in [0.25, 0.3) is 0 Å². The third-order valence-corrected chi connectivity index (χ3v) is 15.0. The SMILES string of the molecule is CC(C)(C)c1cc(-c2ccccc2)cc(N2[CH-]N(c3[c-]c(Oc4[c-]c5c(cc4)c4ccc(C(C)(C)C)cc4n5-c4cc(C(C)(C)c5ccccc5)ccn4)cc(C(C)(C)c4ccccc4)c3)c3ccccc32)c1.[Pt]. The summed E-state index contributed by atoms with van der Waals surface area (Å²) in [5, 5.41) is 2.22. The average molecular weight is 1150 g/mol. The summed E-state index contributed by atoms with van der Waals surface area (Å²) in [6, 6.07) is 75.1. The van der Waals surface area contributed by atoms with Gasteiger partial charge in [-0.15, -0.1) is 53.6 Å². The molecule has 74 heavy (non-hydrogen) atoms. The topological polar surface area (TPSA) is 33.5 Å². The molecule has 5 nitrogen and oxygen atoms in total. The van der Waals surface area contributed by atoms with Crippen LogP contribution in [0.15, 0.2) is 194 Å². The number of hydrogen-bond donors (Lipinski definition) is 0. The van der Waals surface area contributed by atoms with Gasteiger partial charge in [-0.1, -0.05) is 196 Å². The van der Waals surface area contributed by atoms with E-state index in [1.807, 2.05) is 12.3 Å². The van der Waals surface area contributed by atoms with Crippen molar-refractivity contribution in [3.8, 4) is 28.4 Å². The van der Waals surface area contributed by atoms with Gasteiger partial charge in [0, 0.05) is 66.8 Å². The van der Waals surface area contributed by atoms with Gasteiger partial charge in [0.05, 0.1) is 0 Å². The van der Waals surface area contributed by atoms with Crippen LogP contribution in [0.4, 0.5) is 22.7 Å². The minimum absolute atomic E-state index is 0. The number of nitrogens with zero attached hydrogens (tertiary/aromatic N) is 4. The van der Waals surface area contributed by atoms with E-state index in [-0.39, 0.29) is 42.7 Å². The van der Waals surface area contributed by atoms with Crippen molar-refractivity contribution in [1.29, 1.82) is 0 Å². The molecule has 0 saturated heterocycles. The molecule has 0 aliphatic carbocycles. The molecule has 1 aliphatic rings. The van der Waals surface area contributed by atoms with Crippen LogP contribution in [0.3, 0.4) is 0 Å². The molecule has 1 aliphatic heterocycles. The Morgan fingerprint density at radius 1 is 0.446 bits per heavy atom. The molecule has 6 heteroatoms. The molecule has 0 fully saturated rings. The van der Waals surface area contributed by atoms with Gasteiger partial charge in [-0.3, -0.25) is 0 Å². The van der Waals surface area contributed by atoms with E-state index in [1.54, 1.807) is 0 Å². The van der Waals surface area contributed by atoms with Gasteiger partial charge in [-0.25, -0.2) is 4.98 Å². The summed E-state index contributed by atoms with van der Waals surface area (Å²) in [6.45, 7) is 25.0. The van der Waals surface area contributed by atoms with Gasteiger partial charge in [0.15, 0.2) is 0 Å². The van der Waals surface area contributed by atoms with E-state index in [2.05, 4.69) is 284 Å². The first-order chi connectivity index (χ1) is 34.9. The quantitative estimate of drug-likeness (QED) is 0.128. The molecule has 0 N–H and O–H groups in total. The Labute approximate surface area is 452 Å². The largest absolute Gasteiger partial charge is 0.509 e. The summed E-state index contributed by atoms with van der Waals surface area (Å²) in [5.41, 5.74) is 14.9. The molecule has 0 saturated carbocycles. The average Bonchev–Trinajstić information content (AvgIpc) is 3.95. The Morgan fingerprint density at radius 2 is 1.04 bits per heavy atom. The van der Waals surface area contributed by atoms with Crippen molar-refractivity contribution in [2.24, 2.45) is 0 Å². The van der Waals surface area contributed by atoms with Crippen LogP contribution in [-0.2, 0) is 42.7 Å². The molecule has 8 aromatic carbocycles. The van der Waals surface area contributed by atoms with E-state index in [0.29, 0.717) is 11.5 Å². The van der Waals surface area contributed by atoms with Gasteiger partial charge in [0.1, 0.15) is 5.82 Å². The number of hydrogen-bond acceptors (Lipinski definition) is 4. The number of pyridine rings is 1. The van der Waals surface area contributed by atoms with Crippen LogP contribution in [-0.4, -0.2) is 9.55 Å². The van der Waals surface area contributed by atoms with Crippen molar-refractivity contribution < 1.29 is 25.8 Å². The molecule has 0 unspecified atom stereocenters. The molecule has 0 spiro atoms. The van der Waals surface area contributed by atoms with Crippen molar-refractivity contribution in [2.45, 2.75) is 90.9 Å². The molecular weight excluding hydrogens is 1080 g/mol. The van der Waals surface area contributed by atoms with E-state index >= 15 is 0 Å². The van der Waals surface area contributed by atoms with E-state index in [9.17, 15) is 0 Å². The predicted molar refractivity (Wildman–Crippen MR) is 304 cm³/mol. The smallest absolute Gasteiger partial charge is 0.135 e. The van der Waals surface area contributed by atoms with Crippen LogP contribution in [0.25, 0.3) is 38.8 Å². The minimum atomic E-state index is -0.386. The number of rotatable bonds is 10. The van der Waals surface area contributed by atoms with Crippen molar-refractivity contribution >= 4 is 44.6 Å². The number of aromatic nitrogens is 2. The first kappa shape index (κ1) is 50.3. The third kappa shape index (κ3) is 9.37. The van der Waals surface area contributed by atoms with Crippen molar-refractivity contribution in [1.82, 2.24) is 9.55 Å². The Kier molecular flexibility index (Phi) is 13.1. The molecule has 0 amide bonds. The van der Waals surface area contributed by atoms with Crippen molar-refractivity contribution in [2.75, 3.05) is 9.80 Å². The molecule has 0 atom stereocenters. The monoisotopic (exact) mass is 1150 g/mol. The first-order valence-corrected chi connectivity index (χ1v) is 25.5. The molecule has 0 radical (unpaired) electrons. The second-order valence-corrected chi connectivity index (χ2v) is 22.7. The second kappa shape index (κ2) is 19.3. The third-order valence-electron chi connectivity index (χ3n) is 15.0. The number of benzene rings is 8. The summed E-state index contributed by atoms with van der Waals surface area (Å²) >= 11 is 0. The Bertz CT molecular complexity index is 3660. The maximum Gasteiger partial charge on any atom is 0.135 e. The van der Waals surface area contributed by atoms with E-state index in [1.165, 1.54) is 38.9 Å². The second-order valence-electron chi connectivity index (χ2n) is 22.7. The summed E-state index contributed by atoms with van der Waals surface area (Å²) in [5.74, 6) is 2.02. The Balaban J connectivity index is 0.00000626. The van der Waals surface area contributed by atoms with Crippen molar-refractivity contribution in [3.63, 3.8) is 0 Å². The fraction of sp³-hybridized carbons (Fsp3) is 0.206. The number of anilines is 4. The van der Waals surface area contributed by atoms with Gasteiger partial charge >= 0.3 is 0 Å². The van der Waals surface area contributed by atoms with E-state index < -0.39 is 0 Å². The van der Waals surface area contributed by atoms with Crippen LogP contribution >= 0.6 is 0 Å². The van der Waals surface area contributed by atoms with Gasteiger partial charge in [0.2, 0.25) is 0 Å². The zero-order valence-electron chi connectivity index (χ0n) is 44.1. The molecule has 10 aromatic rings. The molecule has 2 aromatic heterocycles. The van der Waals surface area contributed by atoms with E-state index in [0.717, 1.165) is 55.9 Å². The zero-order chi connectivity index (χ0) is 50.9.